The SMILES string of the molecule is CC(C)(C)S(C)(C)n1c2ccccc2c2cc(Br)ccc21. The molecule has 1 nitrogen and oxygen atoms in total. The first-order valence-electron chi connectivity index (χ1n) is 7.15. The summed E-state index contributed by atoms with van der Waals surface area (Å²) in [6.07, 6.45) is 4.84. The Hall–Kier alpha value is -0.930. The quantitative estimate of drug-likeness (QED) is 0.486. The summed E-state index contributed by atoms with van der Waals surface area (Å²) in [4.78, 5) is 0. The third-order valence-corrected chi connectivity index (χ3v) is 9.34. The summed E-state index contributed by atoms with van der Waals surface area (Å²) < 4.78 is 3.97. The van der Waals surface area contributed by atoms with Crippen LogP contribution in [-0.2, 0) is 0 Å². The molecule has 0 N–H and O–H groups in total. The van der Waals surface area contributed by atoms with Gasteiger partial charge in [0.2, 0.25) is 0 Å². The minimum atomic E-state index is -0.998. The Morgan fingerprint density at radius 3 is 2.19 bits per heavy atom. The molecule has 0 spiro atoms. The number of benzene rings is 2. The van der Waals surface area contributed by atoms with E-state index in [9.17, 15) is 0 Å². The van der Waals surface area contributed by atoms with Crippen LogP contribution >= 0.6 is 26.1 Å². The third kappa shape index (κ3) is 2.22. The molecule has 3 heteroatoms. The molecule has 0 atom stereocenters. The molecule has 0 aliphatic heterocycles. The van der Waals surface area contributed by atoms with Crippen LogP contribution in [-0.4, -0.2) is 21.2 Å². The molecule has 1 aromatic heterocycles. The third-order valence-electron chi connectivity index (χ3n) is 4.55. The number of para-hydroxylation sites is 1. The minimum Gasteiger partial charge on any atom is -0.302 e. The molecule has 0 aliphatic carbocycles. The molecule has 2 aromatic carbocycles. The molecule has 0 saturated heterocycles. The lowest BCUT2D eigenvalue weighted by atomic mass is 10.2. The van der Waals surface area contributed by atoms with Gasteiger partial charge in [-0.1, -0.05) is 54.9 Å². The van der Waals surface area contributed by atoms with Gasteiger partial charge in [0.1, 0.15) is 0 Å². The van der Waals surface area contributed by atoms with Crippen LogP contribution in [0.4, 0.5) is 0 Å². The molecule has 0 fully saturated rings. The summed E-state index contributed by atoms with van der Waals surface area (Å²) in [7, 11) is -0.998. The van der Waals surface area contributed by atoms with E-state index < -0.39 is 10.2 Å². The lowest BCUT2D eigenvalue weighted by Crippen LogP contribution is -2.28. The maximum atomic E-state index is 3.61. The highest BCUT2D eigenvalue weighted by Gasteiger charge is 2.32. The molecule has 3 rings (SSSR count). The molecule has 0 bridgehead atoms. The van der Waals surface area contributed by atoms with E-state index in [2.05, 4.69) is 95.6 Å². The fourth-order valence-electron chi connectivity index (χ4n) is 2.67. The van der Waals surface area contributed by atoms with Gasteiger partial charge in [-0.25, -0.2) is 0 Å². The Morgan fingerprint density at radius 1 is 0.905 bits per heavy atom. The van der Waals surface area contributed by atoms with E-state index in [-0.39, 0.29) is 4.75 Å². The van der Waals surface area contributed by atoms with Crippen LogP contribution in [0.25, 0.3) is 21.8 Å². The van der Waals surface area contributed by atoms with E-state index in [1.807, 2.05) is 0 Å². The van der Waals surface area contributed by atoms with Crippen molar-refractivity contribution in [3.05, 3.63) is 46.9 Å². The summed E-state index contributed by atoms with van der Waals surface area (Å²) in [6.45, 7) is 7.05. The minimum absolute atomic E-state index is 0.245. The zero-order valence-corrected chi connectivity index (χ0v) is 15.7. The molecule has 112 valence electrons. The molecule has 0 amide bonds. The van der Waals surface area contributed by atoms with Crippen molar-refractivity contribution in [1.82, 2.24) is 3.97 Å². The summed E-state index contributed by atoms with van der Waals surface area (Å²) >= 11 is 3.61. The molecule has 0 aliphatic rings. The second kappa shape index (κ2) is 4.79. The highest BCUT2D eigenvalue weighted by Crippen LogP contribution is 2.57. The van der Waals surface area contributed by atoms with Crippen LogP contribution < -0.4 is 0 Å². The second-order valence-corrected chi connectivity index (χ2v) is 11.9. The summed E-state index contributed by atoms with van der Waals surface area (Å²) in [5, 5.41) is 2.68. The van der Waals surface area contributed by atoms with Gasteiger partial charge in [-0.05, 0) is 36.8 Å². The van der Waals surface area contributed by atoms with Gasteiger partial charge in [0.05, 0.1) is 11.0 Å². The van der Waals surface area contributed by atoms with Crippen molar-refractivity contribution in [2.24, 2.45) is 0 Å². The zero-order chi connectivity index (χ0) is 15.4. The highest BCUT2D eigenvalue weighted by atomic mass is 79.9. The van der Waals surface area contributed by atoms with Crippen molar-refractivity contribution in [2.75, 3.05) is 12.5 Å². The maximum absolute atomic E-state index is 3.61. The van der Waals surface area contributed by atoms with Gasteiger partial charge in [-0.3, -0.25) is 0 Å². The number of nitrogens with zero attached hydrogens (tertiary/aromatic N) is 1. The van der Waals surface area contributed by atoms with Crippen molar-refractivity contribution in [3.8, 4) is 0 Å². The number of hydrogen-bond acceptors (Lipinski definition) is 0. The van der Waals surface area contributed by atoms with Crippen LogP contribution in [0.2, 0.25) is 0 Å². The van der Waals surface area contributed by atoms with Crippen LogP contribution in [0, 0.1) is 0 Å². The molecular weight excluding hydrogens is 342 g/mol. The molecule has 0 radical (unpaired) electrons. The van der Waals surface area contributed by atoms with E-state index in [0.29, 0.717) is 0 Å². The van der Waals surface area contributed by atoms with E-state index >= 15 is 0 Å². The van der Waals surface area contributed by atoms with Crippen molar-refractivity contribution < 1.29 is 0 Å². The Morgan fingerprint density at radius 2 is 1.52 bits per heavy atom. The molecule has 0 unspecified atom stereocenters. The number of rotatable bonds is 1. The van der Waals surface area contributed by atoms with Crippen LogP contribution in [0.15, 0.2) is 46.9 Å². The summed E-state index contributed by atoms with van der Waals surface area (Å²) in [6, 6.07) is 15.4. The number of aromatic nitrogens is 1. The zero-order valence-electron chi connectivity index (χ0n) is 13.3. The first-order chi connectivity index (χ1) is 9.73. The van der Waals surface area contributed by atoms with Crippen molar-refractivity contribution in [2.45, 2.75) is 25.5 Å². The number of fused-ring (bicyclic) bond motifs is 3. The molecule has 21 heavy (non-hydrogen) atoms. The van der Waals surface area contributed by atoms with Crippen LogP contribution in [0.1, 0.15) is 20.8 Å². The standard InChI is InChI=1S/C18H22BrNS/c1-18(2,3)21(4,5)20-16-9-7-6-8-14(16)15-12-13(19)10-11-17(15)20/h6-12H,1-5H3. The van der Waals surface area contributed by atoms with Crippen LogP contribution in [0.5, 0.6) is 0 Å². The van der Waals surface area contributed by atoms with Gasteiger partial charge in [-0.15, -0.1) is 0 Å². The number of hydrogen-bond donors (Lipinski definition) is 0. The fraction of sp³-hybridized carbons (Fsp3) is 0.333. The largest absolute Gasteiger partial charge is 0.302 e. The predicted molar refractivity (Wildman–Crippen MR) is 102 cm³/mol. The monoisotopic (exact) mass is 363 g/mol. The van der Waals surface area contributed by atoms with Crippen LogP contribution in [0.3, 0.4) is 0 Å². The van der Waals surface area contributed by atoms with Gasteiger partial charge in [-0.2, -0.15) is 10.2 Å². The average Bonchev–Trinajstić information content (AvgIpc) is 2.72. The summed E-state index contributed by atoms with van der Waals surface area (Å²) in [5.74, 6) is 0. The smallest absolute Gasteiger partial charge is 0.0588 e. The normalized spacial score (nSPS) is 14.0. The Bertz CT molecular complexity index is 824. The lowest BCUT2D eigenvalue weighted by Gasteiger charge is -2.46. The lowest BCUT2D eigenvalue weighted by molar-refractivity contribution is 0.782. The number of halogens is 1. The molecule has 1 heterocycles. The van der Waals surface area contributed by atoms with Crippen molar-refractivity contribution >= 4 is 47.9 Å². The van der Waals surface area contributed by atoms with Gasteiger partial charge in [0.15, 0.2) is 0 Å². The van der Waals surface area contributed by atoms with Gasteiger partial charge in [0, 0.05) is 20.0 Å². The van der Waals surface area contributed by atoms with Crippen molar-refractivity contribution in [1.29, 1.82) is 0 Å². The second-order valence-electron chi connectivity index (χ2n) is 6.86. The Labute approximate surface area is 136 Å². The van der Waals surface area contributed by atoms with E-state index in [1.54, 1.807) is 0 Å². The van der Waals surface area contributed by atoms with Crippen molar-refractivity contribution in [3.63, 3.8) is 0 Å². The Kier molecular flexibility index (Phi) is 3.42. The maximum Gasteiger partial charge on any atom is 0.0588 e. The molecule has 0 saturated carbocycles. The van der Waals surface area contributed by atoms with E-state index in [1.165, 1.54) is 21.8 Å². The fourth-order valence-corrected chi connectivity index (χ4v) is 4.89. The van der Waals surface area contributed by atoms with E-state index in [4.69, 9.17) is 0 Å². The predicted octanol–water partition coefficient (Wildman–Crippen LogP) is 6.18. The van der Waals surface area contributed by atoms with Gasteiger partial charge < -0.3 is 3.97 Å². The molecular formula is C18H22BrNS. The van der Waals surface area contributed by atoms with E-state index in [0.717, 1.165) is 4.47 Å². The average molecular weight is 364 g/mol. The first kappa shape index (κ1) is 15.0. The summed E-state index contributed by atoms with van der Waals surface area (Å²) in [5.41, 5.74) is 2.69. The first-order valence-corrected chi connectivity index (χ1v) is 10.4. The molecule has 3 aromatic rings. The highest BCUT2D eigenvalue weighted by molar-refractivity contribution is 9.10. The van der Waals surface area contributed by atoms with Gasteiger partial charge >= 0.3 is 0 Å². The Balaban J connectivity index is 2.51. The topological polar surface area (TPSA) is 4.93 Å². The van der Waals surface area contributed by atoms with Gasteiger partial charge in [0.25, 0.3) is 0 Å².